The van der Waals surface area contributed by atoms with Crippen LogP contribution in [0.2, 0.25) is 0 Å². The van der Waals surface area contributed by atoms with Gasteiger partial charge in [-0.2, -0.15) is 0 Å². The van der Waals surface area contributed by atoms with Crippen LogP contribution < -0.4 is 5.32 Å². The van der Waals surface area contributed by atoms with Crippen molar-refractivity contribution in [2.75, 3.05) is 20.2 Å². The molecule has 0 amide bonds. The largest absolute Gasteiger partial charge is 0.374 e. The molecule has 11 heavy (non-hydrogen) atoms. The molecule has 0 heterocycles. The van der Waals surface area contributed by atoms with Gasteiger partial charge in [0.05, 0.1) is 5.60 Å². The number of hydrogen-bond acceptors (Lipinski definition) is 2. The molecule has 0 fully saturated rings. The normalized spacial score (nSPS) is 12.5. The maximum absolute atomic E-state index is 5.67. The van der Waals surface area contributed by atoms with Gasteiger partial charge in [0.15, 0.2) is 0 Å². The zero-order valence-corrected chi connectivity index (χ0v) is 8.40. The maximum atomic E-state index is 5.67. The summed E-state index contributed by atoms with van der Waals surface area (Å²) in [5.74, 6) is 0.617. The molecule has 0 aliphatic rings. The Hall–Kier alpha value is -0.0800. The molecule has 0 saturated carbocycles. The number of ether oxygens (including phenoxy) is 1. The fraction of sp³-hybridized carbons (Fsp3) is 1.00. The first-order valence-electron chi connectivity index (χ1n) is 4.26. The molecule has 2 nitrogen and oxygen atoms in total. The molecular formula is C9H21NO. The molecule has 0 rings (SSSR count). The lowest BCUT2D eigenvalue weighted by atomic mass is 10.1. The van der Waals surface area contributed by atoms with E-state index in [4.69, 9.17) is 4.74 Å². The summed E-state index contributed by atoms with van der Waals surface area (Å²) in [6, 6.07) is 0. The van der Waals surface area contributed by atoms with Crippen molar-refractivity contribution in [3.8, 4) is 0 Å². The fourth-order valence-electron chi connectivity index (χ4n) is 0.869. The minimum absolute atomic E-state index is 0.0287. The van der Waals surface area contributed by atoms with Crippen LogP contribution in [0.25, 0.3) is 0 Å². The van der Waals surface area contributed by atoms with Crippen molar-refractivity contribution in [2.45, 2.75) is 33.3 Å². The van der Waals surface area contributed by atoms with Crippen LogP contribution in [0.3, 0.4) is 0 Å². The molecule has 68 valence electrons. The molecule has 0 radical (unpaired) electrons. The molecule has 0 aromatic carbocycles. The molecule has 1 N–H and O–H groups in total. The maximum Gasteiger partial charge on any atom is 0.0750 e. The second-order valence-electron chi connectivity index (χ2n) is 3.99. The number of rotatable bonds is 5. The van der Waals surface area contributed by atoms with E-state index in [9.17, 15) is 0 Å². The van der Waals surface area contributed by atoms with Crippen LogP contribution in [0.5, 0.6) is 0 Å². The van der Waals surface area contributed by atoms with Crippen molar-refractivity contribution >= 4 is 0 Å². The second kappa shape index (κ2) is 4.73. The van der Waals surface area contributed by atoms with E-state index in [0.717, 1.165) is 13.2 Å². The van der Waals surface area contributed by atoms with Crippen molar-refractivity contribution in [1.82, 2.24) is 5.32 Å². The zero-order chi connectivity index (χ0) is 8.91. The van der Waals surface area contributed by atoms with E-state index in [1.807, 2.05) is 7.05 Å². The molecule has 2 heteroatoms. The van der Waals surface area contributed by atoms with Gasteiger partial charge in [0, 0.05) is 13.2 Å². The highest BCUT2D eigenvalue weighted by Gasteiger charge is 2.16. The Balaban J connectivity index is 3.54. The average Bonchev–Trinajstić information content (AvgIpc) is 1.84. The Kier molecular flexibility index (Phi) is 4.69. The van der Waals surface area contributed by atoms with Gasteiger partial charge in [0.2, 0.25) is 0 Å². The Morgan fingerprint density at radius 3 is 2.27 bits per heavy atom. The Labute approximate surface area is 70.3 Å². The lowest BCUT2D eigenvalue weighted by molar-refractivity contribution is -0.0280. The summed E-state index contributed by atoms with van der Waals surface area (Å²) in [7, 11) is 1.94. The fourth-order valence-corrected chi connectivity index (χ4v) is 0.869. The average molecular weight is 159 g/mol. The van der Waals surface area contributed by atoms with Crippen molar-refractivity contribution in [3.05, 3.63) is 0 Å². The second-order valence-corrected chi connectivity index (χ2v) is 3.99. The standard InChI is InChI=1S/C9H21NO/c1-8(2)6-11-9(3,4)7-10-5/h8,10H,6-7H2,1-5H3. The van der Waals surface area contributed by atoms with Crippen LogP contribution in [-0.4, -0.2) is 25.8 Å². The van der Waals surface area contributed by atoms with E-state index in [0.29, 0.717) is 5.92 Å². The number of nitrogens with one attached hydrogen (secondary N) is 1. The molecule has 0 aromatic rings. The Morgan fingerprint density at radius 2 is 1.91 bits per heavy atom. The van der Waals surface area contributed by atoms with Gasteiger partial charge in [0.25, 0.3) is 0 Å². The third-order valence-electron chi connectivity index (χ3n) is 1.41. The predicted molar refractivity (Wildman–Crippen MR) is 48.8 cm³/mol. The molecule has 0 atom stereocenters. The van der Waals surface area contributed by atoms with Gasteiger partial charge in [-0.25, -0.2) is 0 Å². The highest BCUT2D eigenvalue weighted by Crippen LogP contribution is 2.09. The van der Waals surface area contributed by atoms with Crippen LogP contribution in [0, 0.1) is 5.92 Å². The van der Waals surface area contributed by atoms with Crippen LogP contribution >= 0.6 is 0 Å². The Bertz CT molecular complexity index is 99.7. The van der Waals surface area contributed by atoms with E-state index in [1.165, 1.54) is 0 Å². The molecular weight excluding hydrogens is 138 g/mol. The molecule has 0 saturated heterocycles. The quantitative estimate of drug-likeness (QED) is 0.658. The van der Waals surface area contributed by atoms with E-state index in [2.05, 4.69) is 33.0 Å². The molecule has 0 aliphatic carbocycles. The predicted octanol–water partition coefficient (Wildman–Crippen LogP) is 1.66. The van der Waals surface area contributed by atoms with E-state index < -0.39 is 0 Å². The molecule has 0 aliphatic heterocycles. The van der Waals surface area contributed by atoms with E-state index in [1.54, 1.807) is 0 Å². The van der Waals surface area contributed by atoms with Crippen molar-refractivity contribution in [3.63, 3.8) is 0 Å². The smallest absolute Gasteiger partial charge is 0.0750 e. The van der Waals surface area contributed by atoms with Crippen LogP contribution in [-0.2, 0) is 4.74 Å². The first-order valence-corrected chi connectivity index (χ1v) is 4.26. The number of hydrogen-bond donors (Lipinski definition) is 1. The third kappa shape index (κ3) is 6.32. The first-order chi connectivity index (χ1) is 4.98. The molecule has 0 unspecified atom stereocenters. The Morgan fingerprint density at radius 1 is 1.36 bits per heavy atom. The summed E-state index contributed by atoms with van der Waals surface area (Å²) < 4.78 is 5.67. The summed E-state index contributed by atoms with van der Waals surface area (Å²) >= 11 is 0. The number of likely N-dealkylation sites (N-methyl/N-ethyl adjacent to an activating group) is 1. The summed E-state index contributed by atoms with van der Waals surface area (Å²) in [4.78, 5) is 0. The lowest BCUT2D eigenvalue weighted by Gasteiger charge is -2.25. The van der Waals surface area contributed by atoms with Crippen molar-refractivity contribution in [2.24, 2.45) is 5.92 Å². The van der Waals surface area contributed by atoms with Crippen molar-refractivity contribution < 1.29 is 4.74 Å². The van der Waals surface area contributed by atoms with Crippen molar-refractivity contribution in [1.29, 1.82) is 0 Å². The van der Waals surface area contributed by atoms with Gasteiger partial charge in [0.1, 0.15) is 0 Å². The SMILES string of the molecule is CNCC(C)(C)OCC(C)C. The highest BCUT2D eigenvalue weighted by atomic mass is 16.5. The van der Waals surface area contributed by atoms with Gasteiger partial charge in [-0.1, -0.05) is 13.8 Å². The van der Waals surface area contributed by atoms with Gasteiger partial charge in [-0.3, -0.25) is 0 Å². The topological polar surface area (TPSA) is 21.3 Å². The van der Waals surface area contributed by atoms with Crippen LogP contribution in [0.15, 0.2) is 0 Å². The molecule has 0 spiro atoms. The third-order valence-corrected chi connectivity index (χ3v) is 1.41. The molecule has 0 bridgehead atoms. The van der Waals surface area contributed by atoms with E-state index >= 15 is 0 Å². The summed E-state index contributed by atoms with van der Waals surface area (Å²) in [5, 5.41) is 3.11. The minimum Gasteiger partial charge on any atom is -0.374 e. The van der Waals surface area contributed by atoms with Gasteiger partial charge < -0.3 is 10.1 Å². The van der Waals surface area contributed by atoms with Gasteiger partial charge >= 0.3 is 0 Å². The summed E-state index contributed by atoms with van der Waals surface area (Å²) in [6.45, 7) is 10.3. The summed E-state index contributed by atoms with van der Waals surface area (Å²) in [6.07, 6.45) is 0. The lowest BCUT2D eigenvalue weighted by Crippen LogP contribution is -2.36. The zero-order valence-electron chi connectivity index (χ0n) is 8.40. The highest BCUT2D eigenvalue weighted by molar-refractivity contribution is 4.70. The van der Waals surface area contributed by atoms with E-state index in [-0.39, 0.29) is 5.60 Å². The van der Waals surface area contributed by atoms with Gasteiger partial charge in [-0.15, -0.1) is 0 Å². The molecule has 0 aromatic heterocycles. The monoisotopic (exact) mass is 159 g/mol. The van der Waals surface area contributed by atoms with Crippen LogP contribution in [0.1, 0.15) is 27.7 Å². The summed E-state index contributed by atoms with van der Waals surface area (Å²) in [5.41, 5.74) is -0.0287. The first kappa shape index (κ1) is 10.9. The van der Waals surface area contributed by atoms with Gasteiger partial charge in [-0.05, 0) is 26.8 Å². The van der Waals surface area contributed by atoms with Crippen LogP contribution in [0.4, 0.5) is 0 Å². The minimum atomic E-state index is -0.0287.